The van der Waals surface area contributed by atoms with Crippen molar-refractivity contribution >= 4 is 22.5 Å². The van der Waals surface area contributed by atoms with Crippen LogP contribution in [0.2, 0.25) is 0 Å². The highest BCUT2D eigenvalue weighted by Crippen LogP contribution is 2.30. The summed E-state index contributed by atoms with van der Waals surface area (Å²) in [6, 6.07) is 21.2. The Hall–Kier alpha value is -2.74. The van der Waals surface area contributed by atoms with Crippen LogP contribution in [0.15, 0.2) is 66.7 Å². The molecule has 3 aromatic rings. The molecule has 0 saturated carbocycles. The van der Waals surface area contributed by atoms with Gasteiger partial charge in [-0.25, -0.2) is 0 Å². The molecule has 3 aromatic carbocycles. The van der Waals surface area contributed by atoms with Crippen LogP contribution >= 0.6 is 0 Å². The number of nitrogens with two attached hydrogens (primary N) is 1. The zero-order valence-corrected chi connectivity index (χ0v) is 11.0. The van der Waals surface area contributed by atoms with E-state index in [-0.39, 0.29) is 5.75 Å². The summed E-state index contributed by atoms with van der Waals surface area (Å²) < 4.78 is 0. The van der Waals surface area contributed by atoms with Gasteiger partial charge in [0.2, 0.25) is 0 Å². The molecule has 0 saturated heterocycles. The maximum absolute atomic E-state index is 9.91. The van der Waals surface area contributed by atoms with Gasteiger partial charge in [-0.3, -0.25) is 0 Å². The van der Waals surface area contributed by atoms with Crippen LogP contribution in [0.4, 0.5) is 0 Å². The minimum Gasteiger partial charge on any atom is -0.507 e. The second kappa shape index (κ2) is 5.10. The van der Waals surface area contributed by atoms with Gasteiger partial charge in [-0.05, 0) is 29.2 Å². The minimum absolute atomic E-state index is 0.275. The largest absolute Gasteiger partial charge is 0.507 e. The van der Waals surface area contributed by atoms with E-state index in [4.69, 9.17) is 5.73 Å². The van der Waals surface area contributed by atoms with Gasteiger partial charge in [0.05, 0.1) is 0 Å². The lowest BCUT2D eigenvalue weighted by atomic mass is 10.0. The molecule has 0 spiro atoms. The van der Waals surface area contributed by atoms with E-state index < -0.39 is 0 Å². The van der Waals surface area contributed by atoms with Gasteiger partial charge in [0, 0.05) is 16.6 Å². The molecule has 0 bridgehead atoms. The number of hydrogen-bond donors (Lipinski definition) is 2. The molecule has 20 heavy (non-hydrogen) atoms. The summed E-state index contributed by atoms with van der Waals surface area (Å²) in [5.41, 5.74) is 8.90. The van der Waals surface area contributed by atoms with E-state index in [0.717, 1.165) is 21.9 Å². The molecule has 0 unspecified atom stereocenters. The number of phenolic OH excluding ortho intramolecular Hbond substituents is 1. The van der Waals surface area contributed by atoms with Crippen molar-refractivity contribution in [1.82, 2.24) is 0 Å². The molecule has 0 aromatic heterocycles. The molecule has 0 radical (unpaired) electrons. The second-order valence-corrected chi connectivity index (χ2v) is 4.69. The quantitative estimate of drug-likeness (QED) is 0.685. The van der Waals surface area contributed by atoms with Crippen LogP contribution in [0.25, 0.3) is 22.5 Å². The number of phenols is 1. The first-order valence-corrected chi connectivity index (χ1v) is 6.49. The molecule has 0 amide bonds. The summed E-state index contributed by atoms with van der Waals surface area (Å²) >= 11 is 0. The van der Waals surface area contributed by atoms with Crippen molar-refractivity contribution < 1.29 is 5.11 Å². The van der Waals surface area contributed by atoms with Crippen LogP contribution in [-0.4, -0.2) is 5.11 Å². The molecule has 0 aliphatic heterocycles. The molecule has 2 nitrogen and oxygen atoms in total. The molecule has 0 heterocycles. The Morgan fingerprint density at radius 1 is 0.800 bits per heavy atom. The van der Waals surface area contributed by atoms with E-state index in [9.17, 15) is 5.11 Å². The van der Waals surface area contributed by atoms with Crippen LogP contribution in [-0.2, 0) is 0 Å². The predicted octanol–water partition coefficient (Wildman–Crippen LogP) is 4.00. The topological polar surface area (TPSA) is 46.2 Å². The smallest absolute Gasteiger partial charge is 0.123 e. The molecule has 0 atom stereocenters. The Morgan fingerprint density at radius 3 is 2.20 bits per heavy atom. The highest BCUT2D eigenvalue weighted by molar-refractivity contribution is 5.99. The van der Waals surface area contributed by atoms with Crippen molar-refractivity contribution in [3.05, 3.63) is 77.9 Å². The number of benzene rings is 3. The summed E-state index contributed by atoms with van der Waals surface area (Å²) in [6.45, 7) is 0. The van der Waals surface area contributed by atoms with Gasteiger partial charge in [-0.1, -0.05) is 54.6 Å². The molecular weight excluding hydrogens is 246 g/mol. The SMILES string of the molecule is N/C(=C\c1ccccc1)c1ccc(O)c2ccccc12. The van der Waals surface area contributed by atoms with Crippen LogP contribution < -0.4 is 5.73 Å². The zero-order valence-electron chi connectivity index (χ0n) is 11.0. The predicted molar refractivity (Wildman–Crippen MR) is 84.1 cm³/mol. The van der Waals surface area contributed by atoms with Gasteiger partial charge in [0.1, 0.15) is 5.75 Å². The first-order valence-electron chi connectivity index (χ1n) is 6.49. The average Bonchev–Trinajstić information content (AvgIpc) is 2.49. The molecule has 3 rings (SSSR count). The summed E-state index contributed by atoms with van der Waals surface area (Å²) in [6.07, 6.45) is 1.94. The molecule has 0 aliphatic rings. The first-order chi connectivity index (χ1) is 9.75. The summed E-state index contributed by atoms with van der Waals surface area (Å²) in [7, 11) is 0. The van der Waals surface area contributed by atoms with Gasteiger partial charge < -0.3 is 10.8 Å². The summed E-state index contributed by atoms with van der Waals surface area (Å²) in [4.78, 5) is 0. The molecule has 98 valence electrons. The Labute approximate surface area is 117 Å². The van der Waals surface area contributed by atoms with Crippen molar-refractivity contribution in [3.8, 4) is 5.75 Å². The van der Waals surface area contributed by atoms with E-state index in [2.05, 4.69) is 0 Å². The number of hydrogen-bond acceptors (Lipinski definition) is 2. The lowest BCUT2D eigenvalue weighted by Gasteiger charge is -2.08. The minimum atomic E-state index is 0.275. The number of aromatic hydroxyl groups is 1. The average molecular weight is 261 g/mol. The van der Waals surface area contributed by atoms with E-state index in [1.54, 1.807) is 6.07 Å². The van der Waals surface area contributed by atoms with Crippen molar-refractivity contribution in [3.63, 3.8) is 0 Å². The molecule has 0 fully saturated rings. The van der Waals surface area contributed by atoms with Crippen molar-refractivity contribution in [2.45, 2.75) is 0 Å². The third-order valence-electron chi connectivity index (χ3n) is 3.33. The van der Waals surface area contributed by atoms with E-state index in [1.807, 2.05) is 66.7 Å². The van der Waals surface area contributed by atoms with E-state index >= 15 is 0 Å². The lowest BCUT2D eigenvalue weighted by Crippen LogP contribution is -1.97. The van der Waals surface area contributed by atoms with Crippen LogP contribution in [0, 0.1) is 0 Å². The summed E-state index contributed by atoms with van der Waals surface area (Å²) in [5.74, 6) is 0.275. The van der Waals surface area contributed by atoms with Gasteiger partial charge in [-0.15, -0.1) is 0 Å². The number of rotatable bonds is 2. The van der Waals surface area contributed by atoms with Crippen molar-refractivity contribution in [1.29, 1.82) is 0 Å². The Balaban J connectivity index is 2.15. The normalized spacial score (nSPS) is 11.7. The maximum atomic E-state index is 9.91. The van der Waals surface area contributed by atoms with Crippen molar-refractivity contribution in [2.75, 3.05) is 0 Å². The van der Waals surface area contributed by atoms with Gasteiger partial charge in [0.15, 0.2) is 0 Å². The van der Waals surface area contributed by atoms with E-state index in [1.165, 1.54) is 0 Å². The van der Waals surface area contributed by atoms with Crippen LogP contribution in [0.1, 0.15) is 11.1 Å². The molecule has 0 aliphatic carbocycles. The van der Waals surface area contributed by atoms with Gasteiger partial charge >= 0.3 is 0 Å². The maximum Gasteiger partial charge on any atom is 0.123 e. The fourth-order valence-electron chi connectivity index (χ4n) is 2.34. The second-order valence-electron chi connectivity index (χ2n) is 4.69. The van der Waals surface area contributed by atoms with Crippen LogP contribution in [0.3, 0.4) is 0 Å². The fourth-order valence-corrected chi connectivity index (χ4v) is 2.34. The Morgan fingerprint density at radius 2 is 1.45 bits per heavy atom. The third kappa shape index (κ3) is 2.24. The standard InChI is InChI=1S/C18H15NO/c19-17(12-13-6-2-1-3-7-13)15-10-11-18(20)16-9-5-4-8-14(15)16/h1-12,20H,19H2/b17-12-. The van der Waals surface area contributed by atoms with Gasteiger partial charge in [-0.2, -0.15) is 0 Å². The van der Waals surface area contributed by atoms with E-state index in [0.29, 0.717) is 5.70 Å². The Kier molecular flexibility index (Phi) is 3.13. The van der Waals surface area contributed by atoms with Crippen LogP contribution in [0.5, 0.6) is 5.75 Å². The van der Waals surface area contributed by atoms with Crippen molar-refractivity contribution in [2.24, 2.45) is 5.73 Å². The number of fused-ring (bicyclic) bond motifs is 1. The fraction of sp³-hybridized carbons (Fsp3) is 0. The Bertz CT molecular complexity index is 776. The summed E-state index contributed by atoms with van der Waals surface area (Å²) in [5, 5.41) is 11.7. The lowest BCUT2D eigenvalue weighted by molar-refractivity contribution is 0.481. The molecular formula is C18H15NO. The first kappa shape index (κ1) is 12.3. The zero-order chi connectivity index (χ0) is 13.9. The highest BCUT2D eigenvalue weighted by Gasteiger charge is 2.06. The monoisotopic (exact) mass is 261 g/mol. The molecule has 2 heteroatoms. The highest BCUT2D eigenvalue weighted by atomic mass is 16.3. The third-order valence-corrected chi connectivity index (χ3v) is 3.33. The van der Waals surface area contributed by atoms with Gasteiger partial charge in [0.25, 0.3) is 0 Å². The molecule has 3 N–H and O–H groups in total.